The fourth-order valence-corrected chi connectivity index (χ4v) is 3.73. The summed E-state index contributed by atoms with van der Waals surface area (Å²) >= 11 is 1.35. The van der Waals surface area contributed by atoms with Crippen LogP contribution in [0.1, 0.15) is 10.4 Å². The van der Waals surface area contributed by atoms with Crippen molar-refractivity contribution < 1.29 is 19.0 Å². The second kappa shape index (κ2) is 9.32. The number of aromatic nitrogens is 1. The van der Waals surface area contributed by atoms with E-state index < -0.39 is 0 Å². The zero-order valence-corrected chi connectivity index (χ0v) is 17.8. The molecular weight excluding hydrogens is 412 g/mol. The molecule has 0 saturated carbocycles. The van der Waals surface area contributed by atoms with Crippen molar-refractivity contribution in [3.8, 4) is 34.3 Å². The quantitative estimate of drug-likeness (QED) is 0.395. The number of para-hydroxylation sites is 2. The highest BCUT2D eigenvalue weighted by atomic mass is 32.1. The number of rotatable bonds is 7. The molecule has 0 aliphatic carbocycles. The number of ether oxygens (including phenoxy) is 3. The molecule has 1 amide bonds. The summed E-state index contributed by atoms with van der Waals surface area (Å²) in [5.41, 5.74) is 2.07. The Bertz CT molecular complexity index is 1170. The van der Waals surface area contributed by atoms with Gasteiger partial charge in [0.1, 0.15) is 11.5 Å². The Morgan fingerprint density at radius 2 is 1.61 bits per heavy atom. The summed E-state index contributed by atoms with van der Waals surface area (Å²) in [6.07, 6.45) is 0. The molecule has 1 heterocycles. The number of carbonyl (C=O) groups is 1. The molecule has 31 heavy (non-hydrogen) atoms. The normalized spacial score (nSPS) is 10.4. The molecule has 0 spiro atoms. The highest BCUT2D eigenvalue weighted by Crippen LogP contribution is 2.32. The Labute approximate surface area is 184 Å². The van der Waals surface area contributed by atoms with Crippen molar-refractivity contribution in [3.63, 3.8) is 0 Å². The van der Waals surface area contributed by atoms with E-state index in [4.69, 9.17) is 14.2 Å². The highest BCUT2D eigenvalue weighted by molar-refractivity contribution is 7.14. The van der Waals surface area contributed by atoms with E-state index in [1.54, 1.807) is 18.2 Å². The van der Waals surface area contributed by atoms with Gasteiger partial charge in [0.25, 0.3) is 5.91 Å². The van der Waals surface area contributed by atoms with E-state index in [0.717, 1.165) is 22.8 Å². The summed E-state index contributed by atoms with van der Waals surface area (Å²) < 4.78 is 16.4. The maximum atomic E-state index is 12.7. The minimum atomic E-state index is -0.316. The molecule has 0 unspecified atom stereocenters. The van der Waals surface area contributed by atoms with Crippen LogP contribution in [0.5, 0.6) is 23.0 Å². The third-order valence-electron chi connectivity index (χ3n) is 4.50. The second-order valence-corrected chi connectivity index (χ2v) is 7.33. The van der Waals surface area contributed by atoms with Gasteiger partial charge in [-0.1, -0.05) is 24.3 Å². The third kappa shape index (κ3) is 4.67. The molecule has 156 valence electrons. The predicted octanol–water partition coefficient (Wildman–Crippen LogP) is 5.87. The number of hydrogen-bond donors (Lipinski definition) is 1. The minimum absolute atomic E-state index is 0.316. The van der Waals surface area contributed by atoms with Gasteiger partial charge in [-0.2, -0.15) is 0 Å². The molecular formula is C24H20N2O4S. The first kappa shape index (κ1) is 20.4. The molecule has 4 aromatic rings. The lowest BCUT2D eigenvalue weighted by molar-refractivity contribution is 0.102. The van der Waals surface area contributed by atoms with Gasteiger partial charge < -0.3 is 14.2 Å². The Hall–Kier alpha value is -3.84. The Balaban J connectivity index is 1.47. The topological polar surface area (TPSA) is 69.7 Å². The smallest absolute Gasteiger partial charge is 0.261 e. The lowest BCUT2D eigenvalue weighted by atomic mass is 10.1. The number of amides is 1. The van der Waals surface area contributed by atoms with E-state index in [1.807, 2.05) is 60.0 Å². The fraction of sp³-hybridized carbons (Fsp3) is 0.0833. The Morgan fingerprint density at radius 3 is 2.32 bits per heavy atom. The summed E-state index contributed by atoms with van der Waals surface area (Å²) in [6, 6.07) is 22.4. The SMILES string of the molecule is COc1cccc(C(=O)Nc2nc(-c3ccc(Oc4ccccc4)cc3)cs2)c1OC. The maximum absolute atomic E-state index is 12.7. The summed E-state index contributed by atoms with van der Waals surface area (Å²) in [5.74, 6) is 2.08. The van der Waals surface area contributed by atoms with Crippen LogP contribution in [0.4, 0.5) is 5.13 Å². The van der Waals surface area contributed by atoms with Gasteiger partial charge in [0.05, 0.1) is 25.5 Å². The van der Waals surface area contributed by atoms with Crippen LogP contribution in [0.15, 0.2) is 78.2 Å². The number of hydrogen-bond acceptors (Lipinski definition) is 6. The molecule has 0 bridgehead atoms. The number of nitrogens with zero attached hydrogens (tertiary/aromatic N) is 1. The molecule has 0 saturated heterocycles. The predicted molar refractivity (Wildman–Crippen MR) is 122 cm³/mol. The van der Waals surface area contributed by atoms with Crippen LogP contribution in [-0.2, 0) is 0 Å². The molecule has 4 rings (SSSR count). The third-order valence-corrected chi connectivity index (χ3v) is 5.26. The van der Waals surface area contributed by atoms with Crippen LogP contribution < -0.4 is 19.5 Å². The van der Waals surface area contributed by atoms with Crippen molar-refractivity contribution in [1.29, 1.82) is 0 Å². The zero-order chi connectivity index (χ0) is 21.6. The van der Waals surface area contributed by atoms with E-state index in [1.165, 1.54) is 25.6 Å². The van der Waals surface area contributed by atoms with Gasteiger partial charge in [-0.15, -0.1) is 11.3 Å². The van der Waals surface area contributed by atoms with E-state index in [9.17, 15) is 4.79 Å². The van der Waals surface area contributed by atoms with Crippen LogP contribution in [0.25, 0.3) is 11.3 Å². The summed E-state index contributed by atoms with van der Waals surface area (Å²) in [7, 11) is 3.03. The average molecular weight is 433 g/mol. The molecule has 0 aliphatic heterocycles. The molecule has 6 nitrogen and oxygen atoms in total. The van der Waals surface area contributed by atoms with Crippen molar-refractivity contribution in [2.45, 2.75) is 0 Å². The maximum Gasteiger partial charge on any atom is 0.261 e. The second-order valence-electron chi connectivity index (χ2n) is 6.47. The number of anilines is 1. The first-order chi connectivity index (χ1) is 15.2. The number of nitrogens with one attached hydrogen (secondary N) is 1. The van der Waals surface area contributed by atoms with Crippen molar-refractivity contribution in [3.05, 3.63) is 83.7 Å². The summed E-state index contributed by atoms with van der Waals surface area (Å²) in [5, 5.41) is 5.22. The number of carbonyl (C=O) groups excluding carboxylic acids is 1. The first-order valence-electron chi connectivity index (χ1n) is 9.49. The van der Waals surface area contributed by atoms with E-state index in [0.29, 0.717) is 22.2 Å². The highest BCUT2D eigenvalue weighted by Gasteiger charge is 2.17. The average Bonchev–Trinajstić information content (AvgIpc) is 3.28. The monoisotopic (exact) mass is 432 g/mol. The molecule has 7 heteroatoms. The van der Waals surface area contributed by atoms with Crippen LogP contribution in [-0.4, -0.2) is 25.1 Å². The van der Waals surface area contributed by atoms with Crippen molar-refractivity contribution in [2.75, 3.05) is 19.5 Å². The Kier molecular flexibility index (Phi) is 6.14. The standard InChI is InChI=1S/C24H20N2O4S/c1-28-21-10-6-9-19(22(21)29-2)23(27)26-24-25-20(15-31-24)16-11-13-18(14-12-16)30-17-7-4-3-5-8-17/h3-15H,1-2H3,(H,25,26,27). The first-order valence-corrected chi connectivity index (χ1v) is 10.4. The molecule has 0 radical (unpaired) electrons. The molecule has 0 fully saturated rings. The molecule has 3 aromatic carbocycles. The van der Waals surface area contributed by atoms with Crippen LogP contribution in [0.2, 0.25) is 0 Å². The summed E-state index contributed by atoms with van der Waals surface area (Å²) in [6.45, 7) is 0. The molecule has 1 N–H and O–H groups in total. The number of methoxy groups -OCH3 is 2. The van der Waals surface area contributed by atoms with Gasteiger partial charge in [0.2, 0.25) is 0 Å². The van der Waals surface area contributed by atoms with E-state index in [2.05, 4.69) is 10.3 Å². The minimum Gasteiger partial charge on any atom is -0.493 e. The van der Waals surface area contributed by atoms with Crippen LogP contribution >= 0.6 is 11.3 Å². The van der Waals surface area contributed by atoms with Gasteiger partial charge in [-0.3, -0.25) is 10.1 Å². The van der Waals surface area contributed by atoms with Gasteiger partial charge in [-0.25, -0.2) is 4.98 Å². The van der Waals surface area contributed by atoms with E-state index >= 15 is 0 Å². The number of benzene rings is 3. The molecule has 0 atom stereocenters. The van der Waals surface area contributed by atoms with Crippen LogP contribution in [0, 0.1) is 0 Å². The van der Waals surface area contributed by atoms with Gasteiger partial charge in [-0.05, 0) is 48.5 Å². The zero-order valence-electron chi connectivity index (χ0n) is 17.0. The summed E-state index contributed by atoms with van der Waals surface area (Å²) in [4.78, 5) is 17.3. The Morgan fingerprint density at radius 1 is 0.871 bits per heavy atom. The van der Waals surface area contributed by atoms with Crippen molar-refractivity contribution in [2.24, 2.45) is 0 Å². The van der Waals surface area contributed by atoms with Crippen molar-refractivity contribution >= 4 is 22.4 Å². The molecule has 0 aliphatic rings. The number of thiazole rings is 1. The lowest BCUT2D eigenvalue weighted by Gasteiger charge is -2.11. The largest absolute Gasteiger partial charge is 0.493 e. The van der Waals surface area contributed by atoms with Crippen LogP contribution in [0.3, 0.4) is 0 Å². The van der Waals surface area contributed by atoms with Gasteiger partial charge >= 0.3 is 0 Å². The fourth-order valence-electron chi connectivity index (χ4n) is 3.01. The van der Waals surface area contributed by atoms with E-state index in [-0.39, 0.29) is 5.91 Å². The van der Waals surface area contributed by atoms with Crippen molar-refractivity contribution in [1.82, 2.24) is 4.98 Å². The van der Waals surface area contributed by atoms with Gasteiger partial charge in [0.15, 0.2) is 16.6 Å². The van der Waals surface area contributed by atoms with Gasteiger partial charge in [0, 0.05) is 10.9 Å². The molecule has 1 aromatic heterocycles. The lowest BCUT2D eigenvalue weighted by Crippen LogP contribution is -2.13.